The Morgan fingerprint density at radius 1 is 0.886 bits per heavy atom. The summed E-state index contributed by atoms with van der Waals surface area (Å²) in [7, 11) is 3.34. The minimum Gasteiger partial charge on any atom is -0.493 e. The summed E-state index contributed by atoms with van der Waals surface area (Å²) in [5.74, 6) is 1.66. The van der Waals surface area contributed by atoms with Gasteiger partial charge in [-0.25, -0.2) is 4.39 Å². The van der Waals surface area contributed by atoms with Crippen LogP contribution in [0.3, 0.4) is 0 Å². The highest BCUT2D eigenvalue weighted by Gasteiger charge is 2.29. The van der Waals surface area contributed by atoms with Crippen molar-refractivity contribution in [2.45, 2.75) is 116 Å². The van der Waals surface area contributed by atoms with Crippen molar-refractivity contribution in [2.24, 2.45) is 11.8 Å². The minimum absolute atomic E-state index is 0.0120. The third-order valence-corrected chi connectivity index (χ3v) is 9.56. The van der Waals surface area contributed by atoms with Gasteiger partial charge in [0.25, 0.3) is 0 Å². The topological polar surface area (TPSA) is 62.6 Å². The Morgan fingerprint density at radius 2 is 1.57 bits per heavy atom. The maximum Gasteiger partial charge on any atom is 0.166 e. The van der Waals surface area contributed by atoms with Gasteiger partial charge in [0.15, 0.2) is 17.3 Å². The van der Waals surface area contributed by atoms with E-state index in [2.05, 4.69) is 36.9 Å². The van der Waals surface area contributed by atoms with Crippen molar-refractivity contribution in [3.8, 4) is 17.6 Å². The van der Waals surface area contributed by atoms with Crippen LogP contribution in [0.25, 0.3) is 0 Å². The van der Waals surface area contributed by atoms with Crippen LogP contribution in [0.4, 0.5) is 4.39 Å². The zero-order valence-corrected chi connectivity index (χ0v) is 27.7. The molecule has 0 aromatic heterocycles. The van der Waals surface area contributed by atoms with Crippen LogP contribution in [0.15, 0.2) is 42.5 Å². The van der Waals surface area contributed by atoms with Crippen LogP contribution in [0.2, 0.25) is 0 Å². The molecule has 6 heteroatoms. The molecule has 1 aliphatic heterocycles. The molecule has 2 aromatic carbocycles. The van der Waals surface area contributed by atoms with Gasteiger partial charge in [0.1, 0.15) is 5.82 Å². The number of carbonyl (C=O) groups excluding carboxylic acids is 1. The number of benzene rings is 2. The van der Waals surface area contributed by atoms with Crippen LogP contribution in [-0.4, -0.2) is 44.0 Å². The second kappa shape index (κ2) is 19.5. The lowest BCUT2D eigenvalue weighted by Crippen LogP contribution is -2.43. The Labute approximate surface area is 266 Å². The molecule has 0 aliphatic carbocycles. The largest absolute Gasteiger partial charge is 0.493 e. The number of unbranched alkanes of at least 4 members (excludes halogenated alkanes) is 4. The van der Waals surface area contributed by atoms with Gasteiger partial charge >= 0.3 is 0 Å². The fourth-order valence-electron chi connectivity index (χ4n) is 6.85. The summed E-state index contributed by atoms with van der Waals surface area (Å²) >= 11 is 0. The number of nitrogens with zero attached hydrogens (tertiary/aromatic N) is 2. The first kappa shape index (κ1) is 35.6. The monoisotopic (exact) mass is 606 g/mol. The molecule has 1 aliphatic rings. The highest BCUT2D eigenvalue weighted by molar-refractivity contribution is 5.97. The van der Waals surface area contributed by atoms with Gasteiger partial charge in [0.2, 0.25) is 0 Å². The van der Waals surface area contributed by atoms with E-state index in [1.165, 1.54) is 49.8 Å². The van der Waals surface area contributed by atoms with Crippen LogP contribution in [0, 0.1) is 29.0 Å². The number of hydrogen-bond acceptors (Lipinski definition) is 5. The average Bonchev–Trinajstić information content (AvgIpc) is 3.06. The van der Waals surface area contributed by atoms with Gasteiger partial charge in [-0.3, -0.25) is 4.79 Å². The Hall–Kier alpha value is -2.91. The summed E-state index contributed by atoms with van der Waals surface area (Å²) in [6, 6.07) is 15.3. The molecule has 0 saturated carbocycles. The quantitative estimate of drug-likeness (QED) is 0.111. The van der Waals surface area contributed by atoms with Gasteiger partial charge in [-0.15, -0.1) is 0 Å². The molecule has 1 saturated heterocycles. The van der Waals surface area contributed by atoms with Crippen LogP contribution in [0.5, 0.6) is 11.5 Å². The number of nitriles is 1. The molecule has 2 aromatic rings. The van der Waals surface area contributed by atoms with Gasteiger partial charge in [0.05, 0.1) is 20.3 Å². The molecule has 44 heavy (non-hydrogen) atoms. The summed E-state index contributed by atoms with van der Waals surface area (Å²) < 4.78 is 24.5. The third-order valence-electron chi connectivity index (χ3n) is 9.56. The molecule has 242 valence electrons. The van der Waals surface area contributed by atoms with Crippen LogP contribution < -0.4 is 9.47 Å². The molecule has 0 bridgehead atoms. The summed E-state index contributed by atoms with van der Waals surface area (Å²) in [5.41, 5.74) is 1.84. The van der Waals surface area contributed by atoms with Crippen molar-refractivity contribution >= 4 is 5.78 Å². The first-order chi connectivity index (χ1) is 21.4. The number of ether oxygens (including phenoxy) is 2. The maximum atomic E-state index is 13.4. The Kier molecular flexibility index (Phi) is 15.7. The Balaban J connectivity index is 1.67. The fraction of sp³-hybridized carbons (Fsp3) is 0.632. The standard InChI is InChI=1S/C38H55FN2O3/c1-5-7-9-10-14-35(41-24-22-31(23-25-41)38(42)30-16-19-34(39)20-17-30)15-11-13-32(26-29(28-40)12-8-6-2)33-18-21-36(43-3)37(27-33)44-4/h16-21,27,29,31-32,35H,5-15,22-26H2,1-4H3. The van der Waals surface area contributed by atoms with E-state index in [9.17, 15) is 14.4 Å². The zero-order valence-electron chi connectivity index (χ0n) is 27.7. The number of methoxy groups -OCH3 is 2. The first-order valence-electron chi connectivity index (χ1n) is 17.1. The predicted octanol–water partition coefficient (Wildman–Crippen LogP) is 9.75. The molecule has 1 heterocycles. The Bertz CT molecular complexity index is 1150. The zero-order chi connectivity index (χ0) is 31.7. The number of rotatable bonds is 20. The van der Waals surface area contributed by atoms with Gasteiger partial charge < -0.3 is 14.4 Å². The third kappa shape index (κ3) is 10.9. The van der Waals surface area contributed by atoms with Crippen molar-refractivity contribution in [3.63, 3.8) is 0 Å². The lowest BCUT2D eigenvalue weighted by molar-refractivity contribution is 0.0765. The van der Waals surface area contributed by atoms with E-state index < -0.39 is 0 Å². The normalized spacial score (nSPS) is 16.2. The van der Waals surface area contributed by atoms with Crippen LogP contribution in [-0.2, 0) is 0 Å². The fourth-order valence-corrected chi connectivity index (χ4v) is 6.85. The van der Waals surface area contributed by atoms with Crippen molar-refractivity contribution in [2.75, 3.05) is 27.3 Å². The number of likely N-dealkylation sites (tertiary alicyclic amines) is 1. The number of hydrogen-bond donors (Lipinski definition) is 0. The highest BCUT2D eigenvalue weighted by Crippen LogP contribution is 2.37. The summed E-state index contributed by atoms with van der Waals surface area (Å²) in [6.07, 6.45) is 15.2. The molecule has 0 N–H and O–H groups in total. The van der Waals surface area contributed by atoms with E-state index in [4.69, 9.17) is 9.47 Å². The Morgan fingerprint density at radius 3 is 2.20 bits per heavy atom. The van der Waals surface area contributed by atoms with Crippen molar-refractivity contribution in [3.05, 3.63) is 59.4 Å². The molecule has 0 amide bonds. The maximum absolute atomic E-state index is 13.4. The minimum atomic E-state index is -0.306. The number of carbonyl (C=O) groups is 1. The van der Waals surface area contributed by atoms with Gasteiger partial charge in [-0.2, -0.15) is 5.26 Å². The summed E-state index contributed by atoms with van der Waals surface area (Å²) in [4.78, 5) is 15.7. The number of piperidine rings is 1. The molecular formula is C38H55FN2O3. The lowest BCUT2D eigenvalue weighted by atomic mass is 9.83. The van der Waals surface area contributed by atoms with Crippen LogP contribution >= 0.6 is 0 Å². The van der Waals surface area contributed by atoms with Gasteiger partial charge in [0, 0.05) is 23.4 Å². The number of ketones is 1. The second-order valence-corrected chi connectivity index (χ2v) is 12.6. The van der Waals surface area contributed by atoms with Crippen molar-refractivity contribution < 1.29 is 18.7 Å². The van der Waals surface area contributed by atoms with Crippen LogP contribution in [0.1, 0.15) is 126 Å². The van der Waals surface area contributed by atoms with Crippen molar-refractivity contribution in [1.29, 1.82) is 5.26 Å². The summed E-state index contributed by atoms with van der Waals surface area (Å²) in [5, 5.41) is 9.96. The van der Waals surface area contributed by atoms with E-state index in [-0.39, 0.29) is 29.4 Å². The summed E-state index contributed by atoms with van der Waals surface area (Å²) in [6.45, 7) is 6.30. The van der Waals surface area contributed by atoms with Gasteiger partial charge in [-0.1, -0.05) is 64.9 Å². The number of halogens is 1. The molecule has 3 atom stereocenters. The van der Waals surface area contributed by atoms with Gasteiger partial charge in [-0.05, 0) is 106 Å². The van der Waals surface area contributed by atoms with E-state index in [1.54, 1.807) is 26.4 Å². The highest BCUT2D eigenvalue weighted by atomic mass is 19.1. The lowest BCUT2D eigenvalue weighted by Gasteiger charge is -2.38. The second-order valence-electron chi connectivity index (χ2n) is 12.6. The van der Waals surface area contributed by atoms with Crippen molar-refractivity contribution in [1.82, 2.24) is 4.90 Å². The predicted molar refractivity (Wildman–Crippen MR) is 177 cm³/mol. The van der Waals surface area contributed by atoms with E-state index in [0.29, 0.717) is 11.6 Å². The molecule has 3 rings (SSSR count). The molecule has 0 spiro atoms. The SMILES string of the molecule is CCCCCCC(CCCC(CC(C#N)CCCC)c1ccc(OC)c(OC)c1)N1CCC(C(=O)c2ccc(F)cc2)CC1. The number of Topliss-reactive ketones (excluding diaryl/α,β-unsaturated/α-hetero) is 1. The molecule has 3 unspecified atom stereocenters. The molecular weight excluding hydrogens is 551 g/mol. The molecule has 0 radical (unpaired) electrons. The first-order valence-corrected chi connectivity index (χ1v) is 17.1. The smallest absolute Gasteiger partial charge is 0.166 e. The van der Waals surface area contributed by atoms with E-state index in [0.717, 1.165) is 82.4 Å². The molecule has 1 fully saturated rings. The van der Waals surface area contributed by atoms with E-state index >= 15 is 0 Å². The average molecular weight is 607 g/mol. The molecule has 5 nitrogen and oxygen atoms in total. The van der Waals surface area contributed by atoms with E-state index in [1.807, 2.05) is 6.07 Å².